The maximum absolute atomic E-state index is 10.3. The molecule has 0 aromatic carbocycles. The number of phosphoric acid groups is 1. The summed E-state index contributed by atoms with van der Waals surface area (Å²) < 4.78 is 8.88. The molecule has 165 valence electrons. The van der Waals surface area contributed by atoms with E-state index in [0.29, 0.717) is 6.42 Å². The fourth-order valence-corrected chi connectivity index (χ4v) is 2.65. The minimum absolute atomic E-state index is 0. The van der Waals surface area contributed by atoms with Gasteiger partial charge in [0.15, 0.2) is 0 Å². The van der Waals surface area contributed by atoms with Crippen molar-refractivity contribution in [2.45, 2.75) is 110 Å². The number of carbonyl (C=O) groups is 1. The predicted octanol–water partition coefficient (Wildman–Crippen LogP) is 2.36. The third kappa shape index (κ3) is 56.7. The molecule has 4 N–H and O–H groups in total. The van der Waals surface area contributed by atoms with Crippen LogP contribution in [0.4, 0.5) is 0 Å². The molecule has 0 amide bonds. The molecule has 0 saturated carbocycles. The zero-order chi connectivity index (χ0) is 19.4. The minimum Gasteiger partial charge on any atom is -1.00 e. The van der Waals surface area contributed by atoms with Gasteiger partial charge in [0.1, 0.15) is 0 Å². The van der Waals surface area contributed by atoms with E-state index in [4.69, 9.17) is 24.4 Å². The second-order valence-electron chi connectivity index (χ2n) is 6.61. The van der Waals surface area contributed by atoms with Crippen molar-refractivity contribution in [3.05, 3.63) is 0 Å². The van der Waals surface area contributed by atoms with E-state index in [1.165, 1.54) is 83.5 Å². The molecule has 0 unspecified atom stereocenters. The number of hydrogen-bond acceptors (Lipinski definition) is 2. The van der Waals surface area contributed by atoms with Gasteiger partial charge in [0.25, 0.3) is 0 Å². The van der Waals surface area contributed by atoms with E-state index in [1.807, 2.05) is 0 Å². The number of hydrogen-bond donors (Lipinski definition) is 4. The van der Waals surface area contributed by atoms with Gasteiger partial charge in [0.05, 0.1) is 0 Å². The first-order chi connectivity index (χ1) is 11.8. The van der Waals surface area contributed by atoms with Crippen LogP contribution >= 0.6 is 7.82 Å². The molecule has 0 aliphatic carbocycles. The molecule has 0 rings (SSSR count). The van der Waals surface area contributed by atoms with Gasteiger partial charge in [-0.15, -0.1) is 0 Å². The minimum atomic E-state index is -4.64. The molecule has 0 heterocycles. The Labute approximate surface area is 245 Å². The van der Waals surface area contributed by atoms with E-state index < -0.39 is 13.8 Å². The molecule has 28 heavy (non-hydrogen) atoms. The summed E-state index contributed by atoms with van der Waals surface area (Å²) in [5, 5.41) is 8.52. The van der Waals surface area contributed by atoms with Crippen LogP contribution in [0.3, 0.4) is 0 Å². The van der Waals surface area contributed by atoms with Crippen LogP contribution in [-0.2, 0) is 26.4 Å². The summed E-state index contributed by atoms with van der Waals surface area (Å²) in [6, 6.07) is 0. The summed E-state index contributed by atoms with van der Waals surface area (Å²) >= 11 is 0. The van der Waals surface area contributed by atoms with E-state index in [-0.39, 0.29) is 95.8 Å². The van der Waals surface area contributed by atoms with Gasteiger partial charge in [-0.3, -0.25) is 4.79 Å². The van der Waals surface area contributed by atoms with Gasteiger partial charge < -0.3 is 24.1 Å². The zero-order valence-corrected chi connectivity index (χ0v) is 24.6. The van der Waals surface area contributed by atoms with Crippen molar-refractivity contribution in [2.75, 3.05) is 0 Å². The van der Waals surface area contributed by atoms with Gasteiger partial charge in [-0.1, -0.05) is 96.8 Å². The van der Waals surface area contributed by atoms with Crippen LogP contribution in [0.15, 0.2) is 0 Å². The Hall–Kier alpha value is 2.50. The summed E-state index contributed by atoms with van der Waals surface area (Å²) in [4.78, 5) is 31.9. The maximum atomic E-state index is 10.3. The Morgan fingerprint density at radius 1 is 0.714 bits per heavy atom. The first kappa shape index (κ1) is 40.8. The summed E-state index contributed by atoms with van der Waals surface area (Å²) in [5.74, 6) is -0.653. The zero-order valence-electron chi connectivity index (χ0n) is 21.0. The molecule has 0 atom stereocenters. The van der Waals surface area contributed by atoms with Crippen molar-refractivity contribution in [3.8, 4) is 0 Å². The van der Waals surface area contributed by atoms with Crippen molar-refractivity contribution in [2.24, 2.45) is 0 Å². The van der Waals surface area contributed by atoms with Crippen LogP contribution in [0.25, 0.3) is 0 Å². The van der Waals surface area contributed by atoms with E-state index in [1.54, 1.807) is 0 Å². The van der Waals surface area contributed by atoms with Crippen LogP contribution in [0, 0.1) is 0 Å². The Morgan fingerprint density at radius 3 is 1.14 bits per heavy atom. The van der Waals surface area contributed by atoms with Gasteiger partial charge in [0, 0.05) is 23.5 Å². The first-order valence-electron chi connectivity index (χ1n) is 9.77. The van der Waals surface area contributed by atoms with E-state index in [0.717, 1.165) is 12.8 Å². The molecule has 6 nitrogen and oxygen atoms in total. The first-order valence-corrected chi connectivity index (χ1v) is 11.3. The third-order valence-electron chi connectivity index (χ3n) is 3.99. The molecule has 0 spiro atoms. The number of carboxylic acids is 1. The third-order valence-corrected chi connectivity index (χ3v) is 3.99. The summed E-state index contributed by atoms with van der Waals surface area (Å²) in [6.07, 6.45) is 20.2. The summed E-state index contributed by atoms with van der Waals surface area (Å²) in [5.41, 5.74) is 0. The molecule has 10 heteroatoms. The summed E-state index contributed by atoms with van der Waals surface area (Å²) in [7, 11) is -4.64. The van der Waals surface area contributed by atoms with Crippen molar-refractivity contribution in [3.63, 3.8) is 0 Å². The number of carboxylic acid groups (broad SMARTS) is 1. The van der Waals surface area contributed by atoms with Gasteiger partial charge in [-0.25, -0.2) is 4.57 Å². The fraction of sp³-hybridized carbons (Fsp3) is 0.944. The molecule has 0 aromatic rings. The largest absolute Gasteiger partial charge is 2.00 e. The second kappa shape index (κ2) is 31.7. The molecule has 1 radical (unpaired) electrons. The molecule has 0 bridgehead atoms. The molecule has 0 fully saturated rings. The van der Waals surface area contributed by atoms with Gasteiger partial charge in [-0.2, -0.15) is 0 Å². The van der Waals surface area contributed by atoms with Crippen molar-refractivity contribution >= 4 is 36.8 Å². The molecule has 0 aliphatic heterocycles. The Balaban J connectivity index is -0.0000000721. The van der Waals surface area contributed by atoms with E-state index in [9.17, 15) is 4.79 Å². The standard InChI is InChI=1S/C18H36O2.K.Mg.Mn.H3O4P.3H/c1-2-3-4-5-6-7-8-9-10-11-12-13-14-15-16-17-18(19)20;;;;1-5(2,3)4;;;/h2-17H2,1H3,(H,19,20);;;;(H3,1,2,3,4);;;/q;+1;+2;;;3*-1. The van der Waals surface area contributed by atoms with Crippen LogP contribution in [0.5, 0.6) is 0 Å². The molecular formula is C18H42KMgMnO6P. The molecular weight excluding hydrogens is 462 g/mol. The van der Waals surface area contributed by atoms with E-state index in [2.05, 4.69) is 6.92 Å². The number of rotatable bonds is 16. The SMILES string of the molecule is CCCCCCCCCCCCCCCCCC(=O)O.O=P(O)(O)O.[H-].[H-].[H-].[K+].[Mg+2].[Mn]. The normalized spacial score (nSPS) is 9.86. The van der Waals surface area contributed by atoms with Gasteiger partial charge >= 0.3 is 88.2 Å². The van der Waals surface area contributed by atoms with Crippen LogP contribution < -0.4 is 51.4 Å². The number of unbranched alkanes of at least 4 members (excludes halogenated alkanes) is 14. The van der Waals surface area contributed by atoms with Gasteiger partial charge in [-0.05, 0) is 6.42 Å². The van der Waals surface area contributed by atoms with Crippen molar-refractivity contribution < 1.29 is 102 Å². The second-order valence-corrected chi connectivity index (χ2v) is 7.63. The van der Waals surface area contributed by atoms with E-state index >= 15 is 0 Å². The Kier molecular flexibility index (Phi) is 46.2. The average molecular weight is 504 g/mol. The monoisotopic (exact) mass is 503 g/mol. The molecule has 0 saturated heterocycles. The quantitative estimate of drug-likeness (QED) is 0.146. The van der Waals surface area contributed by atoms with Gasteiger partial charge in [0.2, 0.25) is 0 Å². The van der Waals surface area contributed by atoms with Crippen LogP contribution in [0.2, 0.25) is 0 Å². The number of aliphatic carboxylic acids is 1. The predicted molar refractivity (Wildman–Crippen MR) is 111 cm³/mol. The fourth-order valence-electron chi connectivity index (χ4n) is 2.65. The van der Waals surface area contributed by atoms with Crippen LogP contribution in [0.1, 0.15) is 114 Å². The summed E-state index contributed by atoms with van der Waals surface area (Å²) in [6.45, 7) is 2.27. The van der Waals surface area contributed by atoms with Crippen LogP contribution in [-0.4, -0.2) is 48.8 Å². The molecule has 0 aromatic heterocycles. The topological polar surface area (TPSA) is 115 Å². The Bertz CT molecular complexity index is 354. The average Bonchev–Trinajstić information content (AvgIpc) is 2.49. The van der Waals surface area contributed by atoms with Crippen molar-refractivity contribution in [1.29, 1.82) is 0 Å². The smallest absolute Gasteiger partial charge is 1.00 e. The van der Waals surface area contributed by atoms with Crippen molar-refractivity contribution in [1.82, 2.24) is 0 Å². The Morgan fingerprint density at radius 2 is 0.929 bits per heavy atom. The molecule has 0 aliphatic rings. The maximum Gasteiger partial charge on any atom is 2.00 e.